The lowest BCUT2D eigenvalue weighted by Crippen LogP contribution is -2.08. The Kier molecular flexibility index (Phi) is 4.78. The third-order valence-electron chi connectivity index (χ3n) is 3.04. The Morgan fingerprint density at radius 3 is 2.65 bits per heavy atom. The van der Waals surface area contributed by atoms with Gasteiger partial charge in [-0.1, -0.05) is 18.2 Å². The number of hydrogen-bond donors (Lipinski definition) is 1. The molecule has 0 bridgehead atoms. The monoisotopic (exact) mass is 337 g/mol. The third kappa shape index (κ3) is 3.58. The minimum absolute atomic E-state index is 0.0921. The quantitative estimate of drug-likeness (QED) is 0.891. The molecule has 2 aromatic carbocycles. The molecule has 0 heterocycles. The van der Waals surface area contributed by atoms with E-state index < -0.39 is 0 Å². The zero-order valence-electron chi connectivity index (χ0n) is 11.5. The Balaban J connectivity index is 2.17. The van der Waals surface area contributed by atoms with Gasteiger partial charge in [0.15, 0.2) is 0 Å². The van der Waals surface area contributed by atoms with Crippen molar-refractivity contribution in [2.75, 3.05) is 0 Å². The minimum Gasteiger partial charge on any atom is -0.489 e. The molecule has 2 nitrogen and oxygen atoms in total. The number of benzene rings is 2. The fourth-order valence-electron chi connectivity index (χ4n) is 1.93. The summed E-state index contributed by atoms with van der Waals surface area (Å²) < 4.78 is 19.5. The maximum atomic E-state index is 13.2. The summed E-state index contributed by atoms with van der Waals surface area (Å²) in [6.07, 6.45) is 0. The van der Waals surface area contributed by atoms with E-state index in [1.807, 2.05) is 32.0 Å². The highest BCUT2D eigenvalue weighted by Gasteiger charge is 2.09. The third-order valence-corrected chi connectivity index (χ3v) is 3.65. The molecule has 1 atom stereocenters. The van der Waals surface area contributed by atoms with Crippen LogP contribution in [0, 0.1) is 12.7 Å². The normalized spacial score (nSPS) is 12.2. The van der Waals surface area contributed by atoms with E-state index in [0.29, 0.717) is 11.1 Å². The van der Waals surface area contributed by atoms with Crippen molar-refractivity contribution in [2.45, 2.75) is 26.5 Å². The van der Waals surface area contributed by atoms with E-state index in [1.54, 1.807) is 12.1 Å². The Morgan fingerprint density at radius 1 is 1.25 bits per heavy atom. The lowest BCUT2D eigenvalue weighted by Gasteiger charge is -2.15. The van der Waals surface area contributed by atoms with Crippen molar-refractivity contribution >= 4 is 15.9 Å². The van der Waals surface area contributed by atoms with Gasteiger partial charge in [0.2, 0.25) is 0 Å². The van der Waals surface area contributed by atoms with E-state index >= 15 is 0 Å². The molecule has 0 amide bonds. The largest absolute Gasteiger partial charge is 0.489 e. The summed E-state index contributed by atoms with van der Waals surface area (Å²) in [5.41, 5.74) is 8.92. The van der Waals surface area contributed by atoms with Crippen molar-refractivity contribution in [1.82, 2.24) is 0 Å². The Labute approximate surface area is 126 Å². The maximum Gasteiger partial charge on any atom is 0.137 e. The number of hydrogen-bond acceptors (Lipinski definition) is 2. The number of aryl methyl sites for hydroxylation is 1. The molecule has 0 unspecified atom stereocenters. The Morgan fingerprint density at radius 2 is 2.00 bits per heavy atom. The van der Waals surface area contributed by atoms with Crippen LogP contribution in [0.3, 0.4) is 0 Å². The smallest absolute Gasteiger partial charge is 0.137 e. The van der Waals surface area contributed by atoms with Gasteiger partial charge in [-0.3, -0.25) is 0 Å². The first-order valence-electron chi connectivity index (χ1n) is 6.40. The summed E-state index contributed by atoms with van der Waals surface area (Å²) in [5, 5.41) is 0. The lowest BCUT2D eigenvalue weighted by molar-refractivity contribution is 0.301. The molecular weight excluding hydrogens is 321 g/mol. The molecule has 0 aromatic heterocycles. The van der Waals surface area contributed by atoms with Crippen molar-refractivity contribution in [3.63, 3.8) is 0 Å². The fraction of sp³-hybridized carbons (Fsp3) is 0.250. The Hall–Kier alpha value is -1.39. The number of nitrogens with two attached hydrogens (primary N) is 1. The van der Waals surface area contributed by atoms with Gasteiger partial charge in [-0.05, 0) is 59.1 Å². The van der Waals surface area contributed by atoms with Gasteiger partial charge in [0, 0.05) is 11.6 Å². The summed E-state index contributed by atoms with van der Waals surface area (Å²) in [6.45, 7) is 4.31. The molecule has 0 fully saturated rings. The average Bonchev–Trinajstić information content (AvgIpc) is 2.40. The summed E-state index contributed by atoms with van der Waals surface area (Å²) in [4.78, 5) is 0. The van der Waals surface area contributed by atoms with Crippen molar-refractivity contribution < 1.29 is 9.13 Å². The van der Waals surface area contributed by atoms with Crippen LogP contribution in [0.1, 0.15) is 29.7 Å². The summed E-state index contributed by atoms with van der Waals surface area (Å²) in [7, 11) is 0. The molecule has 2 N–H and O–H groups in total. The van der Waals surface area contributed by atoms with Crippen LogP contribution in [-0.2, 0) is 6.61 Å². The fourth-order valence-corrected chi connectivity index (χ4v) is 2.36. The molecule has 0 saturated heterocycles. The second kappa shape index (κ2) is 6.37. The minimum atomic E-state index is -0.277. The second-order valence-corrected chi connectivity index (χ2v) is 5.72. The summed E-state index contributed by atoms with van der Waals surface area (Å²) in [6, 6.07) is 10.7. The first kappa shape index (κ1) is 15.0. The van der Waals surface area contributed by atoms with Crippen LogP contribution in [0.4, 0.5) is 4.39 Å². The number of rotatable bonds is 4. The maximum absolute atomic E-state index is 13.2. The van der Waals surface area contributed by atoms with Crippen LogP contribution in [0.5, 0.6) is 5.75 Å². The molecule has 0 aliphatic rings. The van der Waals surface area contributed by atoms with E-state index in [1.165, 1.54) is 6.07 Å². The van der Waals surface area contributed by atoms with Gasteiger partial charge < -0.3 is 10.5 Å². The van der Waals surface area contributed by atoms with Gasteiger partial charge in [0.1, 0.15) is 18.2 Å². The second-order valence-electron chi connectivity index (χ2n) is 4.87. The summed E-state index contributed by atoms with van der Waals surface area (Å²) in [5.74, 6) is 0.501. The molecule has 0 saturated carbocycles. The predicted molar refractivity (Wildman–Crippen MR) is 82.2 cm³/mol. The Bertz CT molecular complexity index is 613. The molecular formula is C16H17BrFNO. The van der Waals surface area contributed by atoms with Gasteiger partial charge in [-0.25, -0.2) is 4.39 Å². The molecule has 0 aliphatic carbocycles. The molecule has 2 rings (SSSR count). The van der Waals surface area contributed by atoms with Gasteiger partial charge >= 0.3 is 0 Å². The highest BCUT2D eigenvalue weighted by Crippen LogP contribution is 2.26. The van der Waals surface area contributed by atoms with Crippen LogP contribution in [0.15, 0.2) is 40.9 Å². The van der Waals surface area contributed by atoms with Gasteiger partial charge in [-0.2, -0.15) is 0 Å². The zero-order chi connectivity index (χ0) is 14.7. The molecule has 0 spiro atoms. The van der Waals surface area contributed by atoms with E-state index in [9.17, 15) is 4.39 Å². The average molecular weight is 338 g/mol. The molecule has 4 heteroatoms. The van der Waals surface area contributed by atoms with Gasteiger partial charge in [0.05, 0.1) is 4.47 Å². The van der Waals surface area contributed by atoms with Crippen molar-refractivity contribution in [3.8, 4) is 5.75 Å². The van der Waals surface area contributed by atoms with E-state index in [4.69, 9.17) is 10.5 Å². The van der Waals surface area contributed by atoms with E-state index in [2.05, 4.69) is 15.9 Å². The van der Waals surface area contributed by atoms with Crippen LogP contribution in [-0.4, -0.2) is 0 Å². The molecule has 106 valence electrons. The number of ether oxygens (including phenoxy) is 1. The first-order valence-corrected chi connectivity index (χ1v) is 7.19. The van der Waals surface area contributed by atoms with Crippen molar-refractivity contribution in [3.05, 3.63) is 63.4 Å². The zero-order valence-corrected chi connectivity index (χ0v) is 13.1. The number of halogens is 2. The topological polar surface area (TPSA) is 35.2 Å². The van der Waals surface area contributed by atoms with Crippen LogP contribution >= 0.6 is 15.9 Å². The summed E-state index contributed by atoms with van der Waals surface area (Å²) >= 11 is 3.17. The van der Waals surface area contributed by atoms with E-state index in [-0.39, 0.29) is 11.9 Å². The van der Waals surface area contributed by atoms with Crippen molar-refractivity contribution in [2.24, 2.45) is 5.73 Å². The predicted octanol–water partition coefficient (Wildman–Crippen LogP) is 4.50. The molecule has 20 heavy (non-hydrogen) atoms. The molecule has 2 aromatic rings. The molecule has 0 aliphatic heterocycles. The van der Waals surface area contributed by atoms with Crippen molar-refractivity contribution in [1.29, 1.82) is 0 Å². The van der Waals surface area contributed by atoms with Gasteiger partial charge in [-0.15, -0.1) is 0 Å². The van der Waals surface area contributed by atoms with E-state index in [0.717, 1.165) is 22.4 Å². The van der Waals surface area contributed by atoms with Gasteiger partial charge in [0.25, 0.3) is 0 Å². The van der Waals surface area contributed by atoms with Crippen LogP contribution in [0.2, 0.25) is 0 Å². The van der Waals surface area contributed by atoms with Crippen LogP contribution < -0.4 is 10.5 Å². The first-order chi connectivity index (χ1) is 9.47. The highest BCUT2D eigenvalue weighted by atomic mass is 79.9. The lowest BCUT2D eigenvalue weighted by atomic mass is 10.1. The SMILES string of the molecule is Cc1ccc([C@@H](C)N)c(OCc2ccc(F)c(Br)c2)c1. The molecule has 0 radical (unpaired) electrons. The standard InChI is InChI=1S/C16H17BrFNO/c1-10-3-5-13(11(2)19)16(7-10)20-9-12-4-6-15(18)14(17)8-12/h3-8,11H,9,19H2,1-2H3/t11-/m1/s1. The van der Waals surface area contributed by atoms with Crippen LogP contribution in [0.25, 0.3) is 0 Å². The highest BCUT2D eigenvalue weighted by molar-refractivity contribution is 9.10.